The number of nitrogens with zero attached hydrogens (tertiary/aromatic N) is 1. The molecule has 6 heteroatoms. The van der Waals surface area contributed by atoms with E-state index in [-0.39, 0.29) is 5.91 Å². The van der Waals surface area contributed by atoms with Gasteiger partial charge in [-0.15, -0.1) is 11.8 Å². The van der Waals surface area contributed by atoms with Crippen LogP contribution in [0.4, 0.5) is 5.69 Å². The van der Waals surface area contributed by atoms with Gasteiger partial charge < -0.3 is 5.32 Å². The summed E-state index contributed by atoms with van der Waals surface area (Å²) in [6.07, 6.45) is 3.63. The molecule has 25 heavy (non-hydrogen) atoms. The van der Waals surface area contributed by atoms with Crippen LogP contribution < -0.4 is 5.32 Å². The molecule has 0 spiro atoms. The Balaban J connectivity index is 1.62. The number of thioether (sulfide) groups is 1. The standard InChI is InChI=1S/C19H14BrClN2OS/c20-14-3-8-18(21)17(10-14)19(24)23-15-4-6-16(7-5-15)25-12-13-2-1-9-22-11-13/h1-11H,12H2,(H,23,24). The molecule has 0 saturated heterocycles. The van der Waals surface area contributed by atoms with E-state index >= 15 is 0 Å². The first kappa shape index (κ1) is 18.0. The molecule has 0 fully saturated rings. The summed E-state index contributed by atoms with van der Waals surface area (Å²) in [7, 11) is 0. The molecule has 0 saturated carbocycles. The highest BCUT2D eigenvalue weighted by molar-refractivity contribution is 9.10. The first-order chi connectivity index (χ1) is 12.1. The quantitative estimate of drug-likeness (QED) is 0.499. The molecule has 0 unspecified atom stereocenters. The van der Waals surface area contributed by atoms with Gasteiger partial charge >= 0.3 is 0 Å². The van der Waals surface area contributed by atoms with Crippen molar-refractivity contribution >= 4 is 50.9 Å². The second-order valence-electron chi connectivity index (χ2n) is 5.25. The van der Waals surface area contributed by atoms with Gasteiger partial charge in [-0.2, -0.15) is 0 Å². The first-order valence-electron chi connectivity index (χ1n) is 7.50. The Morgan fingerprint density at radius 1 is 1.16 bits per heavy atom. The molecule has 1 aromatic heterocycles. The third-order valence-corrected chi connectivity index (χ3v) is 5.32. The molecule has 0 aliphatic heterocycles. The Bertz CT molecular complexity index is 872. The zero-order valence-corrected chi connectivity index (χ0v) is 16.2. The zero-order chi connectivity index (χ0) is 17.6. The van der Waals surface area contributed by atoms with Gasteiger partial charge in [0.1, 0.15) is 0 Å². The number of pyridine rings is 1. The van der Waals surface area contributed by atoms with Gasteiger partial charge in [0, 0.05) is 33.2 Å². The van der Waals surface area contributed by atoms with E-state index in [2.05, 4.69) is 32.3 Å². The van der Waals surface area contributed by atoms with E-state index in [1.807, 2.05) is 36.5 Å². The number of amides is 1. The van der Waals surface area contributed by atoms with Gasteiger partial charge in [0.05, 0.1) is 10.6 Å². The number of anilines is 1. The topological polar surface area (TPSA) is 42.0 Å². The van der Waals surface area contributed by atoms with Crippen LogP contribution >= 0.6 is 39.3 Å². The Morgan fingerprint density at radius 2 is 1.96 bits per heavy atom. The lowest BCUT2D eigenvalue weighted by Crippen LogP contribution is -2.12. The predicted octanol–water partition coefficient (Wildman–Crippen LogP) is 6.04. The third-order valence-electron chi connectivity index (χ3n) is 3.41. The second-order valence-corrected chi connectivity index (χ2v) is 7.62. The number of hydrogen-bond donors (Lipinski definition) is 1. The van der Waals surface area contributed by atoms with Gasteiger partial charge in [-0.05, 0) is 54.1 Å². The first-order valence-corrected chi connectivity index (χ1v) is 9.65. The lowest BCUT2D eigenvalue weighted by Gasteiger charge is -2.08. The normalized spacial score (nSPS) is 10.5. The average molecular weight is 434 g/mol. The maximum Gasteiger partial charge on any atom is 0.257 e. The maximum atomic E-state index is 12.4. The minimum atomic E-state index is -0.234. The molecule has 0 aliphatic rings. The highest BCUT2D eigenvalue weighted by Crippen LogP contribution is 2.25. The van der Waals surface area contributed by atoms with Crippen LogP contribution in [0.5, 0.6) is 0 Å². The summed E-state index contributed by atoms with van der Waals surface area (Å²) in [5, 5.41) is 3.28. The van der Waals surface area contributed by atoms with E-state index in [4.69, 9.17) is 11.6 Å². The molecule has 0 bridgehead atoms. The number of halogens is 2. The van der Waals surface area contributed by atoms with E-state index in [1.165, 1.54) is 5.56 Å². The van der Waals surface area contributed by atoms with E-state index < -0.39 is 0 Å². The van der Waals surface area contributed by atoms with Crippen LogP contribution in [0.15, 0.2) is 76.4 Å². The summed E-state index contributed by atoms with van der Waals surface area (Å²) in [6, 6.07) is 16.9. The van der Waals surface area contributed by atoms with Gasteiger partial charge in [0.25, 0.3) is 5.91 Å². The fraction of sp³-hybridized carbons (Fsp3) is 0.0526. The van der Waals surface area contributed by atoms with Gasteiger partial charge in [-0.1, -0.05) is 33.6 Å². The summed E-state index contributed by atoms with van der Waals surface area (Å²) in [4.78, 5) is 17.6. The molecule has 3 rings (SSSR count). The Morgan fingerprint density at radius 3 is 2.68 bits per heavy atom. The molecule has 3 aromatic rings. The monoisotopic (exact) mass is 432 g/mol. The van der Waals surface area contributed by atoms with E-state index in [9.17, 15) is 4.79 Å². The molecular formula is C19H14BrClN2OS. The molecule has 3 nitrogen and oxygen atoms in total. The van der Waals surface area contributed by atoms with E-state index in [0.29, 0.717) is 10.6 Å². The van der Waals surface area contributed by atoms with Crippen LogP contribution in [0.1, 0.15) is 15.9 Å². The zero-order valence-electron chi connectivity index (χ0n) is 13.1. The lowest BCUT2D eigenvalue weighted by atomic mass is 10.2. The van der Waals surface area contributed by atoms with Crippen molar-refractivity contribution in [1.82, 2.24) is 4.98 Å². The van der Waals surface area contributed by atoms with Crippen molar-refractivity contribution in [2.24, 2.45) is 0 Å². The van der Waals surface area contributed by atoms with Gasteiger partial charge in [-0.25, -0.2) is 0 Å². The maximum absolute atomic E-state index is 12.4. The molecule has 0 aliphatic carbocycles. The summed E-state index contributed by atoms with van der Waals surface area (Å²) in [5.74, 6) is 0.620. The molecule has 1 N–H and O–H groups in total. The van der Waals surface area contributed by atoms with Crippen LogP contribution in [0.25, 0.3) is 0 Å². The van der Waals surface area contributed by atoms with Crippen molar-refractivity contribution in [2.45, 2.75) is 10.6 Å². The molecule has 1 amide bonds. The predicted molar refractivity (Wildman–Crippen MR) is 107 cm³/mol. The number of aromatic nitrogens is 1. The van der Waals surface area contributed by atoms with Crippen molar-refractivity contribution in [3.63, 3.8) is 0 Å². The summed E-state index contributed by atoms with van der Waals surface area (Å²) in [6.45, 7) is 0. The van der Waals surface area contributed by atoms with Gasteiger partial charge in [-0.3, -0.25) is 9.78 Å². The van der Waals surface area contributed by atoms with Crippen molar-refractivity contribution in [3.05, 3.63) is 87.6 Å². The van der Waals surface area contributed by atoms with Crippen LogP contribution in [-0.2, 0) is 5.75 Å². The van der Waals surface area contributed by atoms with E-state index in [1.54, 1.807) is 36.2 Å². The molecular weight excluding hydrogens is 420 g/mol. The smallest absolute Gasteiger partial charge is 0.257 e. The Hall–Kier alpha value is -1.82. The lowest BCUT2D eigenvalue weighted by molar-refractivity contribution is 0.102. The van der Waals surface area contributed by atoms with Crippen LogP contribution in [0.2, 0.25) is 5.02 Å². The highest BCUT2D eigenvalue weighted by Gasteiger charge is 2.11. The molecule has 1 heterocycles. The Labute approximate surface area is 164 Å². The summed E-state index contributed by atoms with van der Waals surface area (Å²) < 4.78 is 0.809. The number of rotatable bonds is 5. The molecule has 2 aromatic carbocycles. The molecule has 0 radical (unpaired) electrons. The fourth-order valence-corrected chi connectivity index (χ4v) is 3.55. The number of carbonyl (C=O) groups excluding carboxylic acids is 1. The molecule has 126 valence electrons. The minimum Gasteiger partial charge on any atom is -0.322 e. The highest BCUT2D eigenvalue weighted by atomic mass is 79.9. The number of nitrogens with one attached hydrogen (secondary N) is 1. The molecule has 0 atom stereocenters. The van der Waals surface area contributed by atoms with Crippen LogP contribution in [0, 0.1) is 0 Å². The largest absolute Gasteiger partial charge is 0.322 e. The number of benzene rings is 2. The van der Waals surface area contributed by atoms with Crippen LogP contribution in [0.3, 0.4) is 0 Å². The Kier molecular flexibility index (Phi) is 6.13. The second kappa shape index (κ2) is 8.52. The third kappa shape index (κ3) is 5.08. The SMILES string of the molecule is O=C(Nc1ccc(SCc2cccnc2)cc1)c1cc(Br)ccc1Cl. The summed E-state index contributed by atoms with van der Waals surface area (Å²) in [5.41, 5.74) is 2.34. The van der Waals surface area contributed by atoms with Gasteiger partial charge in [0.15, 0.2) is 0 Å². The number of carbonyl (C=O) groups is 1. The van der Waals surface area contributed by atoms with Crippen molar-refractivity contribution in [2.75, 3.05) is 5.32 Å². The van der Waals surface area contributed by atoms with Crippen molar-refractivity contribution in [3.8, 4) is 0 Å². The minimum absolute atomic E-state index is 0.234. The van der Waals surface area contributed by atoms with Crippen molar-refractivity contribution in [1.29, 1.82) is 0 Å². The number of hydrogen-bond acceptors (Lipinski definition) is 3. The summed E-state index contributed by atoms with van der Waals surface area (Å²) >= 11 is 11.2. The van der Waals surface area contributed by atoms with Crippen LogP contribution in [-0.4, -0.2) is 10.9 Å². The van der Waals surface area contributed by atoms with E-state index in [0.717, 1.165) is 20.8 Å². The van der Waals surface area contributed by atoms with Gasteiger partial charge in [0.2, 0.25) is 0 Å². The fourth-order valence-electron chi connectivity index (χ4n) is 2.15. The van der Waals surface area contributed by atoms with Crippen molar-refractivity contribution < 1.29 is 4.79 Å². The average Bonchev–Trinajstić information content (AvgIpc) is 2.64.